The summed E-state index contributed by atoms with van der Waals surface area (Å²) in [6.45, 7) is 15.9. The van der Waals surface area contributed by atoms with Gasteiger partial charge in [-0.2, -0.15) is 18.2 Å². The van der Waals surface area contributed by atoms with Crippen molar-refractivity contribution in [3.8, 4) is 39.8 Å². The Kier molecular flexibility index (Phi) is 11.8. The molecule has 0 atom stereocenters. The second-order valence-electron chi connectivity index (χ2n) is 19.1. The first-order valence-electron chi connectivity index (χ1n) is 22.4. The van der Waals surface area contributed by atoms with Crippen LogP contribution < -0.4 is 9.30 Å². The summed E-state index contributed by atoms with van der Waals surface area (Å²) >= 11 is 0. The van der Waals surface area contributed by atoms with Crippen LogP contribution in [0.1, 0.15) is 76.3 Å². The normalized spacial score (nSPS) is 12.0. The predicted octanol–water partition coefficient (Wildman–Crippen LogP) is 14.1. The Balaban J connectivity index is 0.00000548. The van der Waals surface area contributed by atoms with Crippen LogP contribution in [0.2, 0.25) is 0 Å². The number of hydrogen-bond donors (Lipinski definition) is 0. The second-order valence-corrected chi connectivity index (χ2v) is 19.1. The van der Waals surface area contributed by atoms with Crippen molar-refractivity contribution in [3.05, 3.63) is 235 Å². The first-order chi connectivity index (χ1) is 31.3. The Morgan fingerprint density at radius 1 is 0.530 bits per heavy atom. The summed E-state index contributed by atoms with van der Waals surface area (Å²) in [7, 11) is 0. The smallest absolute Gasteiger partial charge is 0.267 e. The van der Waals surface area contributed by atoms with Crippen molar-refractivity contribution >= 4 is 21.8 Å². The van der Waals surface area contributed by atoms with Gasteiger partial charge in [0.05, 0.1) is 5.69 Å². The first kappa shape index (κ1) is 44.4. The van der Waals surface area contributed by atoms with Crippen molar-refractivity contribution in [2.45, 2.75) is 64.7 Å². The molecule has 0 aliphatic rings. The number of fused-ring (bicyclic) bond motifs is 3. The minimum Gasteiger partial charge on any atom is -0.510 e. The molecule has 0 aliphatic heterocycles. The summed E-state index contributed by atoms with van der Waals surface area (Å²) in [5.74, 6) is 2.01. The van der Waals surface area contributed by atoms with Crippen LogP contribution in [0.15, 0.2) is 188 Å². The van der Waals surface area contributed by atoms with Gasteiger partial charge in [0.1, 0.15) is 5.82 Å². The van der Waals surface area contributed by atoms with Crippen molar-refractivity contribution in [1.29, 1.82) is 0 Å². The van der Waals surface area contributed by atoms with E-state index < -0.39 is 0 Å². The van der Waals surface area contributed by atoms with Crippen molar-refractivity contribution in [2.24, 2.45) is 0 Å². The van der Waals surface area contributed by atoms with Gasteiger partial charge in [0, 0.05) is 67.5 Å². The minimum atomic E-state index is -0.229. The number of aromatic nitrogens is 4. The van der Waals surface area contributed by atoms with Crippen LogP contribution in [-0.4, -0.2) is 14.1 Å². The molecule has 10 rings (SSSR count). The van der Waals surface area contributed by atoms with Gasteiger partial charge in [0.2, 0.25) is 0 Å². The molecular weight excluding hydrogens is 988 g/mol. The Morgan fingerprint density at radius 2 is 1.20 bits per heavy atom. The third-order valence-electron chi connectivity index (χ3n) is 13.0. The maximum atomic E-state index is 6.62. The molecular formula is C60H52N4OPt-2. The van der Waals surface area contributed by atoms with Gasteiger partial charge >= 0.3 is 0 Å². The molecule has 7 aromatic carbocycles. The van der Waals surface area contributed by atoms with Crippen molar-refractivity contribution < 1.29 is 30.4 Å². The predicted molar refractivity (Wildman–Crippen MR) is 264 cm³/mol. The van der Waals surface area contributed by atoms with E-state index >= 15 is 0 Å². The zero-order valence-electron chi connectivity index (χ0n) is 38.4. The monoisotopic (exact) mass is 1040 g/mol. The second kappa shape index (κ2) is 17.5. The summed E-state index contributed by atoms with van der Waals surface area (Å²) in [6.07, 6.45) is 9.53. The number of hydrogen-bond acceptors (Lipinski definition) is 2. The standard InChI is InChI=1S/C60H52N4O.Pt/c1-58(2,3)46-30-31-61-57(38-46)64-55-29-26-47(59(4,5)44-20-13-9-14-21-44)37-54(55)53-28-27-52(40-56(53)64)65-51-25-17-24-49(39-51)62-32-33-63(41-62)50-35-43(42-18-11-8-12-19-42)34-48(36-50)60(6,7)45-22-15-10-16-23-45;/h8-38H,1-7H3;/q-2;. The third-order valence-corrected chi connectivity index (χ3v) is 13.0. The van der Waals surface area contributed by atoms with Crippen LogP contribution in [0.25, 0.3) is 50.1 Å². The van der Waals surface area contributed by atoms with Crippen molar-refractivity contribution in [1.82, 2.24) is 14.1 Å². The first-order valence-corrected chi connectivity index (χ1v) is 22.4. The average molecular weight is 1040 g/mol. The SMILES string of the molecule is CC(C)(C)c1ccnc(-n2c3[c-]c(Oc4[c-]c(-n5[c-][n+](-c6cc(-c7ccccc7)cc(C(C)(C)c7ccccc7)c6)cc5)ccc4)ccc3c3cc(C(C)(C)c4ccccc4)ccc32)c1.[Pt]. The zero-order chi connectivity index (χ0) is 44.9. The summed E-state index contributed by atoms with van der Waals surface area (Å²) in [5, 5.41) is 2.22. The molecule has 0 saturated carbocycles. The largest absolute Gasteiger partial charge is 0.510 e. The van der Waals surface area contributed by atoms with E-state index in [-0.39, 0.29) is 37.3 Å². The van der Waals surface area contributed by atoms with Crippen LogP contribution in [0.3, 0.4) is 0 Å². The fourth-order valence-electron chi connectivity index (χ4n) is 8.92. The molecule has 0 bridgehead atoms. The van der Waals surface area contributed by atoms with Gasteiger partial charge in [-0.3, -0.25) is 4.57 Å². The van der Waals surface area contributed by atoms with E-state index in [1.165, 1.54) is 33.4 Å². The Labute approximate surface area is 403 Å². The van der Waals surface area contributed by atoms with Crippen molar-refractivity contribution in [2.75, 3.05) is 0 Å². The van der Waals surface area contributed by atoms with E-state index in [4.69, 9.17) is 9.72 Å². The molecule has 0 aliphatic carbocycles. The van der Waals surface area contributed by atoms with Gasteiger partial charge in [-0.05, 0) is 85.8 Å². The average Bonchev–Trinajstić information content (AvgIpc) is 3.96. The molecule has 0 N–H and O–H groups in total. The number of imidazole rings is 1. The molecule has 5 nitrogen and oxygen atoms in total. The number of benzene rings is 7. The number of nitrogens with zero attached hydrogens (tertiary/aromatic N) is 4. The van der Waals surface area contributed by atoms with Gasteiger partial charge in [-0.1, -0.05) is 163 Å². The Hall–Kier alpha value is -6.81. The fraction of sp³-hybridized carbons (Fsp3) is 0.167. The number of pyridine rings is 1. The summed E-state index contributed by atoms with van der Waals surface area (Å²) in [6, 6.07) is 67.2. The van der Waals surface area contributed by atoms with E-state index in [0.717, 1.165) is 44.6 Å². The number of ether oxygens (including phenoxy) is 1. The van der Waals surface area contributed by atoms with E-state index in [1.54, 1.807) is 0 Å². The van der Waals surface area contributed by atoms with Gasteiger partial charge in [0.15, 0.2) is 0 Å². The third kappa shape index (κ3) is 8.45. The minimum absolute atomic E-state index is 0. The number of rotatable bonds is 10. The summed E-state index contributed by atoms with van der Waals surface area (Å²) in [5.41, 5.74) is 11.8. The molecule has 0 radical (unpaired) electrons. The van der Waals surface area contributed by atoms with Crippen molar-refractivity contribution in [3.63, 3.8) is 0 Å². The molecule has 0 saturated heterocycles. The van der Waals surface area contributed by atoms with E-state index in [0.29, 0.717) is 11.5 Å². The van der Waals surface area contributed by atoms with E-state index in [9.17, 15) is 0 Å². The molecule has 3 aromatic heterocycles. The maximum absolute atomic E-state index is 6.62. The molecule has 0 unspecified atom stereocenters. The zero-order valence-corrected chi connectivity index (χ0v) is 40.7. The van der Waals surface area contributed by atoms with Crippen LogP contribution in [0.5, 0.6) is 11.5 Å². The molecule has 3 heterocycles. The van der Waals surface area contributed by atoms with Gasteiger partial charge < -0.3 is 13.9 Å². The van der Waals surface area contributed by atoms with Crippen LogP contribution in [0.4, 0.5) is 0 Å². The maximum Gasteiger partial charge on any atom is 0.267 e. The Bertz CT molecular complexity index is 3320. The van der Waals surface area contributed by atoms with Crippen LogP contribution in [0, 0.1) is 18.5 Å². The molecule has 6 heteroatoms. The van der Waals surface area contributed by atoms with Crippen LogP contribution >= 0.6 is 0 Å². The quantitative estimate of drug-likeness (QED) is 0.101. The van der Waals surface area contributed by atoms with E-state index in [1.807, 2.05) is 52.0 Å². The van der Waals surface area contributed by atoms with Gasteiger partial charge in [0.25, 0.3) is 6.33 Å². The molecule has 66 heavy (non-hydrogen) atoms. The molecule has 330 valence electrons. The molecule has 0 amide bonds. The topological polar surface area (TPSA) is 35.9 Å². The van der Waals surface area contributed by atoms with Gasteiger partial charge in [-0.25, -0.2) is 4.98 Å². The molecule has 0 fully saturated rings. The molecule has 0 spiro atoms. The fourth-order valence-corrected chi connectivity index (χ4v) is 8.92. The van der Waals surface area contributed by atoms with Gasteiger partial charge in [-0.15, -0.1) is 29.7 Å². The van der Waals surface area contributed by atoms with E-state index in [2.05, 4.69) is 217 Å². The summed E-state index contributed by atoms with van der Waals surface area (Å²) in [4.78, 5) is 4.94. The summed E-state index contributed by atoms with van der Waals surface area (Å²) < 4.78 is 12.8. The van der Waals surface area contributed by atoms with Crippen LogP contribution in [-0.2, 0) is 37.3 Å². The Morgan fingerprint density at radius 3 is 1.89 bits per heavy atom. The molecule has 10 aromatic rings.